The first-order valence-electron chi connectivity index (χ1n) is 8.90. The molecule has 0 radical (unpaired) electrons. The normalized spacial score (nSPS) is 17.0. The molecule has 2 aromatic rings. The third-order valence-electron chi connectivity index (χ3n) is 4.50. The second-order valence-corrected chi connectivity index (χ2v) is 6.42. The summed E-state index contributed by atoms with van der Waals surface area (Å²) in [6.45, 7) is 0.699. The molecular formula is C19H20F3N3O4. The molecule has 1 aliphatic heterocycles. The van der Waals surface area contributed by atoms with Crippen LogP contribution in [-0.4, -0.2) is 54.2 Å². The molecule has 2 heterocycles. The number of nitrogens with zero attached hydrogens (tertiary/aromatic N) is 3. The zero-order valence-corrected chi connectivity index (χ0v) is 15.9. The minimum Gasteiger partial charge on any atom is -0.497 e. The Labute approximate surface area is 165 Å². The molecule has 0 N–H and O–H groups in total. The molecule has 0 bridgehead atoms. The molecule has 156 valence electrons. The van der Waals surface area contributed by atoms with Gasteiger partial charge in [-0.2, -0.15) is 18.2 Å². The van der Waals surface area contributed by atoms with E-state index in [4.69, 9.17) is 14.2 Å². The fourth-order valence-corrected chi connectivity index (χ4v) is 3.07. The number of likely N-dealkylation sites (tertiary alicyclic amines) is 1. The van der Waals surface area contributed by atoms with Gasteiger partial charge in [0, 0.05) is 18.8 Å². The summed E-state index contributed by atoms with van der Waals surface area (Å²) >= 11 is 0. The summed E-state index contributed by atoms with van der Waals surface area (Å²) in [5.41, 5.74) is -0.710. The van der Waals surface area contributed by atoms with E-state index in [1.54, 1.807) is 23.1 Å². The fourth-order valence-electron chi connectivity index (χ4n) is 3.07. The quantitative estimate of drug-likeness (QED) is 0.752. The summed E-state index contributed by atoms with van der Waals surface area (Å²) in [6.07, 6.45) is -2.89. The number of alkyl halides is 3. The Bertz CT molecular complexity index is 876. The number of hydrogen-bond donors (Lipinski definition) is 0. The molecule has 1 atom stereocenters. The summed E-state index contributed by atoms with van der Waals surface area (Å²) in [6, 6.07) is 5.30. The van der Waals surface area contributed by atoms with Crippen molar-refractivity contribution in [3.05, 3.63) is 41.7 Å². The fraction of sp³-hybridized carbons (Fsp3) is 0.421. The van der Waals surface area contributed by atoms with Crippen molar-refractivity contribution < 1.29 is 32.2 Å². The number of amides is 1. The van der Waals surface area contributed by atoms with Gasteiger partial charge in [0.25, 0.3) is 5.91 Å². The van der Waals surface area contributed by atoms with Crippen LogP contribution in [0.4, 0.5) is 13.2 Å². The van der Waals surface area contributed by atoms with Crippen molar-refractivity contribution in [1.29, 1.82) is 0 Å². The lowest BCUT2D eigenvalue weighted by Crippen LogP contribution is -2.44. The molecule has 1 aromatic heterocycles. The number of carbonyl (C=O) groups is 1. The predicted octanol–water partition coefficient (Wildman–Crippen LogP) is 3.20. The van der Waals surface area contributed by atoms with Crippen molar-refractivity contribution in [2.24, 2.45) is 0 Å². The maximum absolute atomic E-state index is 12.9. The molecule has 1 amide bonds. The average Bonchev–Trinajstić information content (AvgIpc) is 2.72. The standard InChI is InChI=1S/C19H20F3N3O4/c1-27-12-5-6-14(15(10-12)28-2)17(26)25-9-3-4-13(11-25)29-18-23-8-7-16(24-18)19(20,21)22/h5-8,10,13H,3-4,9,11H2,1-2H3. The van der Waals surface area contributed by atoms with Crippen LogP contribution in [0.15, 0.2) is 30.5 Å². The molecule has 0 saturated carbocycles. The van der Waals surface area contributed by atoms with Gasteiger partial charge in [-0.25, -0.2) is 4.98 Å². The maximum Gasteiger partial charge on any atom is 0.433 e. The number of hydrogen-bond acceptors (Lipinski definition) is 6. The molecular weight excluding hydrogens is 391 g/mol. The third-order valence-corrected chi connectivity index (χ3v) is 4.50. The van der Waals surface area contributed by atoms with Crippen LogP contribution >= 0.6 is 0 Å². The van der Waals surface area contributed by atoms with Crippen molar-refractivity contribution >= 4 is 5.91 Å². The molecule has 1 aromatic carbocycles. The van der Waals surface area contributed by atoms with E-state index in [9.17, 15) is 18.0 Å². The minimum atomic E-state index is -4.58. The topological polar surface area (TPSA) is 73.8 Å². The van der Waals surface area contributed by atoms with Gasteiger partial charge in [-0.05, 0) is 31.0 Å². The van der Waals surface area contributed by atoms with Crippen LogP contribution < -0.4 is 14.2 Å². The van der Waals surface area contributed by atoms with E-state index in [1.807, 2.05) is 0 Å². The van der Waals surface area contributed by atoms with Gasteiger partial charge >= 0.3 is 12.2 Å². The van der Waals surface area contributed by atoms with Crippen LogP contribution in [0.3, 0.4) is 0 Å². The first-order chi connectivity index (χ1) is 13.8. The second-order valence-electron chi connectivity index (χ2n) is 6.42. The Kier molecular flexibility index (Phi) is 6.09. The van der Waals surface area contributed by atoms with Gasteiger partial charge in [0.2, 0.25) is 0 Å². The van der Waals surface area contributed by atoms with Gasteiger partial charge in [-0.15, -0.1) is 0 Å². The molecule has 0 aliphatic carbocycles. The molecule has 7 nitrogen and oxygen atoms in total. The highest BCUT2D eigenvalue weighted by atomic mass is 19.4. The van der Waals surface area contributed by atoms with E-state index < -0.39 is 18.0 Å². The third kappa shape index (κ3) is 4.87. The molecule has 1 unspecified atom stereocenters. The van der Waals surface area contributed by atoms with Crippen LogP contribution in [0.1, 0.15) is 28.9 Å². The lowest BCUT2D eigenvalue weighted by molar-refractivity contribution is -0.141. The van der Waals surface area contributed by atoms with Gasteiger partial charge in [0.1, 0.15) is 17.6 Å². The number of aromatic nitrogens is 2. The number of carbonyl (C=O) groups excluding carboxylic acids is 1. The molecule has 1 saturated heterocycles. The zero-order valence-electron chi connectivity index (χ0n) is 15.9. The molecule has 29 heavy (non-hydrogen) atoms. The molecule has 1 fully saturated rings. The average molecular weight is 411 g/mol. The van der Waals surface area contributed by atoms with Gasteiger partial charge in [-0.3, -0.25) is 4.79 Å². The van der Waals surface area contributed by atoms with Gasteiger partial charge in [0.15, 0.2) is 5.69 Å². The summed E-state index contributed by atoms with van der Waals surface area (Å²) in [4.78, 5) is 21.7. The van der Waals surface area contributed by atoms with E-state index in [0.29, 0.717) is 36.4 Å². The van der Waals surface area contributed by atoms with E-state index in [-0.39, 0.29) is 18.5 Å². The minimum absolute atomic E-state index is 0.202. The van der Waals surface area contributed by atoms with Crippen LogP contribution in [0.5, 0.6) is 17.5 Å². The van der Waals surface area contributed by atoms with Crippen LogP contribution in [0.2, 0.25) is 0 Å². The number of piperidine rings is 1. The number of benzene rings is 1. The van der Waals surface area contributed by atoms with Crippen LogP contribution in [0.25, 0.3) is 0 Å². The summed E-state index contributed by atoms with van der Waals surface area (Å²) in [5.74, 6) is 0.668. The predicted molar refractivity (Wildman–Crippen MR) is 96.1 cm³/mol. The Morgan fingerprint density at radius 1 is 1.21 bits per heavy atom. The second kappa shape index (κ2) is 8.54. The highest BCUT2D eigenvalue weighted by Gasteiger charge is 2.34. The lowest BCUT2D eigenvalue weighted by Gasteiger charge is -2.32. The van der Waals surface area contributed by atoms with Gasteiger partial charge in [-0.1, -0.05) is 0 Å². The smallest absolute Gasteiger partial charge is 0.433 e. The Morgan fingerprint density at radius 3 is 2.69 bits per heavy atom. The van der Waals surface area contributed by atoms with Crippen LogP contribution in [-0.2, 0) is 6.18 Å². The van der Waals surface area contributed by atoms with Gasteiger partial charge in [0.05, 0.1) is 26.3 Å². The molecule has 3 rings (SSSR count). The van der Waals surface area contributed by atoms with Crippen molar-refractivity contribution in [1.82, 2.24) is 14.9 Å². The van der Waals surface area contributed by atoms with Crippen molar-refractivity contribution in [3.8, 4) is 17.5 Å². The molecule has 0 spiro atoms. The first kappa shape index (κ1) is 20.7. The van der Waals surface area contributed by atoms with E-state index >= 15 is 0 Å². The number of halogens is 3. The van der Waals surface area contributed by atoms with Crippen molar-refractivity contribution in [2.45, 2.75) is 25.1 Å². The van der Waals surface area contributed by atoms with E-state index in [1.165, 1.54) is 14.2 Å². The molecule has 10 heteroatoms. The maximum atomic E-state index is 12.9. The summed E-state index contributed by atoms with van der Waals surface area (Å²) in [7, 11) is 2.97. The lowest BCUT2D eigenvalue weighted by atomic mass is 10.1. The van der Waals surface area contributed by atoms with E-state index in [0.717, 1.165) is 12.3 Å². The SMILES string of the molecule is COc1ccc(C(=O)N2CCCC(Oc3nccc(C(F)(F)F)n3)C2)c(OC)c1. The number of methoxy groups -OCH3 is 2. The Balaban J connectivity index is 1.72. The van der Waals surface area contributed by atoms with Crippen LogP contribution in [0, 0.1) is 0 Å². The monoisotopic (exact) mass is 411 g/mol. The summed E-state index contributed by atoms with van der Waals surface area (Å²) in [5, 5.41) is 0. The Hall–Kier alpha value is -3.04. The molecule has 1 aliphatic rings. The van der Waals surface area contributed by atoms with Crippen molar-refractivity contribution in [3.63, 3.8) is 0 Å². The highest BCUT2D eigenvalue weighted by Crippen LogP contribution is 2.29. The first-order valence-corrected chi connectivity index (χ1v) is 8.90. The van der Waals surface area contributed by atoms with Gasteiger partial charge < -0.3 is 19.1 Å². The largest absolute Gasteiger partial charge is 0.497 e. The van der Waals surface area contributed by atoms with E-state index in [2.05, 4.69) is 9.97 Å². The zero-order chi connectivity index (χ0) is 21.0. The highest BCUT2D eigenvalue weighted by molar-refractivity contribution is 5.97. The number of rotatable bonds is 5. The Morgan fingerprint density at radius 2 is 2.00 bits per heavy atom. The summed E-state index contributed by atoms with van der Waals surface area (Å²) < 4.78 is 54.4. The number of ether oxygens (including phenoxy) is 3. The van der Waals surface area contributed by atoms with Crippen molar-refractivity contribution in [2.75, 3.05) is 27.3 Å².